The van der Waals surface area contributed by atoms with Crippen molar-refractivity contribution in [2.75, 3.05) is 6.54 Å². The predicted molar refractivity (Wildman–Crippen MR) is 194 cm³/mol. The van der Waals surface area contributed by atoms with Gasteiger partial charge >= 0.3 is 0 Å². The Morgan fingerprint density at radius 1 is 0.844 bits per heavy atom. The summed E-state index contributed by atoms with van der Waals surface area (Å²) in [5, 5.41) is 0. The van der Waals surface area contributed by atoms with E-state index in [-0.39, 0.29) is 0 Å². The normalized spacial score (nSPS) is 12.0. The number of benzene rings is 4. The number of aryl methyl sites for hydroxylation is 1. The number of hydrogen-bond acceptors (Lipinski definition) is 5. The van der Waals surface area contributed by atoms with Gasteiger partial charge in [-0.05, 0) is 96.3 Å². The fourth-order valence-corrected chi connectivity index (χ4v) is 5.77. The molecular formula is C40H43N3OS. The number of aromatic nitrogens is 1. The molecule has 0 radical (unpaired) electrons. The van der Waals surface area contributed by atoms with Crippen LogP contribution in [0.5, 0.6) is 0 Å². The molecule has 5 heteroatoms. The van der Waals surface area contributed by atoms with Crippen LogP contribution in [-0.4, -0.2) is 17.2 Å². The zero-order valence-electron chi connectivity index (χ0n) is 27.2. The number of oxazole rings is 1. The highest BCUT2D eigenvalue weighted by atomic mass is 32.2. The van der Waals surface area contributed by atoms with Gasteiger partial charge in [0.1, 0.15) is 6.26 Å². The summed E-state index contributed by atoms with van der Waals surface area (Å²) in [4.78, 5) is 9.98. The molecule has 1 aliphatic rings. The van der Waals surface area contributed by atoms with Crippen LogP contribution in [0.1, 0.15) is 52.7 Å². The summed E-state index contributed by atoms with van der Waals surface area (Å²) in [5.74, 6) is 0.657. The molecule has 0 bridgehead atoms. The van der Waals surface area contributed by atoms with E-state index in [1.165, 1.54) is 49.5 Å². The minimum absolute atomic E-state index is 0.657. The van der Waals surface area contributed by atoms with Crippen LogP contribution in [0.2, 0.25) is 0 Å². The molecule has 1 aromatic heterocycles. The molecule has 230 valence electrons. The van der Waals surface area contributed by atoms with Crippen LogP contribution in [0, 0.1) is 0 Å². The molecule has 0 saturated heterocycles. The molecule has 5 aromatic rings. The van der Waals surface area contributed by atoms with Crippen LogP contribution >= 0.6 is 11.9 Å². The molecule has 1 aliphatic heterocycles. The second-order valence-corrected chi connectivity index (χ2v) is 11.3. The maximum absolute atomic E-state index is 5.46. The summed E-state index contributed by atoms with van der Waals surface area (Å²) >= 11 is 1.65. The molecule has 0 aliphatic carbocycles. The zero-order chi connectivity index (χ0) is 32.2. The first-order valence-corrected chi connectivity index (χ1v) is 16.3. The molecule has 0 fully saturated rings. The van der Waals surface area contributed by atoms with Crippen LogP contribution in [0.3, 0.4) is 0 Å². The Kier molecular flexibility index (Phi) is 12.2. The summed E-state index contributed by atoms with van der Waals surface area (Å²) < 4.78 is 8.98. The SMILES string of the molecule is C=C(C)c1ccc(-c2ccccc2)cc1.CC.CCc1cc(-c2ncco2)ccc1-c1ccccc1SNC1=C(C)C(C)=NC1. The molecule has 0 spiro atoms. The standard InChI is InChI=1S/C23H23N3OS.C15H14.C2H6/c1-4-17-13-18(23-24-11-12-27-23)9-10-19(17)20-7-5-6-8-22(20)28-26-21-14-25-16(3)15(21)2;1-12(2)13-8-10-15(11-9-13)14-6-4-3-5-7-14;1-2/h5-13,26H,4,14H2,1-3H3;3-11H,1H2,2H3;1-2H3. The minimum Gasteiger partial charge on any atom is -0.445 e. The summed E-state index contributed by atoms with van der Waals surface area (Å²) in [6.07, 6.45) is 4.23. The van der Waals surface area contributed by atoms with E-state index in [4.69, 9.17) is 4.42 Å². The van der Waals surface area contributed by atoms with Crippen molar-refractivity contribution in [3.05, 3.63) is 138 Å². The Bertz CT molecular complexity index is 1750. The Labute approximate surface area is 273 Å². The zero-order valence-corrected chi connectivity index (χ0v) is 28.0. The summed E-state index contributed by atoms with van der Waals surface area (Å²) in [6, 6.07) is 33.8. The maximum atomic E-state index is 5.46. The Morgan fingerprint density at radius 2 is 1.51 bits per heavy atom. The number of nitrogens with one attached hydrogen (secondary N) is 1. The smallest absolute Gasteiger partial charge is 0.225 e. The van der Waals surface area contributed by atoms with Gasteiger partial charge < -0.3 is 9.14 Å². The third kappa shape index (κ3) is 8.52. The number of nitrogens with zero attached hydrogens (tertiary/aromatic N) is 2. The van der Waals surface area contributed by atoms with Gasteiger partial charge in [0.15, 0.2) is 0 Å². The van der Waals surface area contributed by atoms with Crippen molar-refractivity contribution in [2.24, 2.45) is 4.99 Å². The molecule has 0 atom stereocenters. The van der Waals surface area contributed by atoms with Crippen LogP contribution < -0.4 is 4.72 Å². The van der Waals surface area contributed by atoms with E-state index in [9.17, 15) is 0 Å². The topological polar surface area (TPSA) is 50.4 Å². The Hall–Kier alpha value is -4.61. The molecule has 4 aromatic carbocycles. The summed E-state index contributed by atoms with van der Waals surface area (Å²) in [5.41, 5.74) is 13.1. The van der Waals surface area contributed by atoms with Crippen molar-refractivity contribution >= 4 is 23.2 Å². The lowest BCUT2D eigenvalue weighted by atomic mass is 9.96. The molecule has 45 heavy (non-hydrogen) atoms. The summed E-state index contributed by atoms with van der Waals surface area (Å²) in [6.45, 7) is 17.1. The van der Waals surface area contributed by atoms with Crippen molar-refractivity contribution in [1.82, 2.24) is 9.71 Å². The first-order chi connectivity index (χ1) is 21.9. The van der Waals surface area contributed by atoms with Gasteiger partial charge in [0, 0.05) is 21.9 Å². The van der Waals surface area contributed by atoms with Gasteiger partial charge in [-0.3, -0.25) is 4.99 Å². The predicted octanol–water partition coefficient (Wildman–Crippen LogP) is 11.3. The monoisotopic (exact) mass is 613 g/mol. The van der Waals surface area contributed by atoms with Crippen molar-refractivity contribution in [3.63, 3.8) is 0 Å². The van der Waals surface area contributed by atoms with E-state index in [2.05, 4.69) is 133 Å². The molecule has 1 N–H and O–H groups in total. The number of aliphatic imine (C=N–C) groups is 1. The third-order valence-corrected chi connectivity index (χ3v) is 8.51. The number of rotatable bonds is 8. The Morgan fingerprint density at radius 3 is 2.13 bits per heavy atom. The molecule has 4 nitrogen and oxygen atoms in total. The molecule has 0 saturated carbocycles. The fraction of sp³-hybridized carbons (Fsp3) is 0.200. The number of hydrogen-bond donors (Lipinski definition) is 1. The first kappa shape index (κ1) is 33.3. The van der Waals surface area contributed by atoms with Gasteiger partial charge in [-0.25, -0.2) is 4.98 Å². The van der Waals surface area contributed by atoms with Crippen molar-refractivity contribution < 1.29 is 4.42 Å². The van der Waals surface area contributed by atoms with E-state index < -0.39 is 0 Å². The van der Waals surface area contributed by atoms with Crippen LogP contribution in [0.15, 0.2) is 142 Å². The summed E-state index contributed by atoms with van der Waals surface area (Å²) in [7, 11) is 0. The molecule has 2 heterocycles. The molecule has 0 unspecified atom stereocenters. The van der Waals surface area contributed by atoms with Crippen molar-refractivity contribution in [2.45, 2.75) is 52.9 Å². The minimum atomic E-state index is 0.657. The Balaban J connectivity index is 0.000000228. The highest BCUT2D eigenvalue weighted by Crippen LogP contribution is 2.35. The van der Waals surface area contributed by atoms with E-state index >= 15 is 0 Å². The van der Waals surface area contributed by atoms with Gasteiger partial charge in [-0.2, -0.15) is 0 Å². The van der Waals surface area contributed by atoms with Gasteiger partial charge in [-0.1, -0.05) is 112 Å². The molecular weight excluding hydrogens is 571 g/mol. The lowest BCUT2D eigenvalue weighted by Crippen LogP contribution is -2.07. The molecule has 6 rings (SSSR count). The van der Waals surface area contributed by atoms with Gasteiger partial charge in [-0.15, -0.1) is 0 Å². The van der Waals surface area contributed by atoms with Crippen molar-refractivity contribution in [3.8, 4) is 33.7 Å². The van der Waals surface area contributed by atoms with E-state index in [1.807, 2.05) is 26.8 Å². The second kappa shape index (κ2) is 16.5. The van der Waals surface area contributed by atoms with Crippen molar-refractivity contribution in [1.29, 1.82) is 0 Å². The average molecular weight is 614 g/mol. The second-order valence-electron chi connectivity index (χ2n) is 10.5. The lowest BCUT2D eigenvalue weighted by Gasteiger charge is -2.15. The van der Waals surface area contributed by atoms with Crippen LogP contribution in [0.4, 0.5) is 0 Å². The third-order valence-electron chi connectivity index (χ3n) is 7.58. The highest BCUT2D eigenvalue weighted by molar-refractivity contribution is 7.97. The molecule has 0 amide bonds. The lowest BCUT2D eigenvalue weighted by molar-refractivity contribution is 0.574. The highest BCUT2D eigenvalue weighted by Gasteiger charge is 2.15. The van der Waals surface area contributed by atoms with Crippen LogP contribution in [-0.2, 0) is 6.42 Å². The number of allylic oxidation sites excluding steroid dienone is 2. The average Bonchev–Trinajstić information content (AvgIpc) is 3.75. The van der Waals surface area contributed by atoms with Gasteiger partial charge in [0.05, 0.1) is 12.7 Å². The maximum Gasteiger partial charge on any atom is 0.225 e. The van der Waals surface area contributed by atoms with Crippen LogP contribution in [0.25, 0.3) is 39.3 Å². The largest absolute Gasteiger partial charge is 0.445 e. The van der Waals surface area contributed by atoms with Gasteiger partial charge in [0.25, 0.3) is 0 Å². The van der Waals surface area contributed by atoms with E-state index in [1.54, 1.807) is 24.4 Å². The van der Waals surface area contributed by atoms with E-state index in [0.717, 1.165) is 29.8 Å². The van der Waals surface area contributed by atoms with E-state index in [0.29, 0.717) is 5.89 Å². The fourth-order valence-electron chi connectivity index (χ4n) is 4.88. The van der Waals surface area contributed by atoms with Gasteiger partial charge in [0.2, 0.25) is 5.89 Å². The first-order valence-electron chi connectivity index (χ1n) is 15.5. The quantitative estimate of drug-likeness (QED) is 0.177.